The minimum Gasteiger partial charge on any atom is -0.375 e. The van der Waals surface area contributed by atoms with Crippen LogP contribution >= 0.6 is 0 Å². The number of hydrogen-bond acceptors (Lipinski definition) is 3. The summed E-state index contributed by atoms with van der Waals surface area (Å²) in [6, 6.07) is 6.53. The van der Waals surface area contributed by atoms with Crippen molar-refractivity contribution in [3.63, 3.8) is 0 Å². The van der Waals surface area contributed by atoms with Gasteiger partial charge in [-0.05, 0) is 31.5 Å². The van der Waals surface area contributed by atoms with Crippen molar-refractivity contribution in [2.24, 2.45) is 0 Å². The number of anilines is 2. The Hall–Kier alpha value is -1.76. The molecule has 21 heavy (non-hydrogen) atoms. The zero-order valence-corrected chi connectivity index (χ0v) is 11.5. The van der Waals surface area contributed by atoms with Crippen molar-refractivity contribution in [1.82, 2.24) is 5.32 Å². The lowest BCUT2D eigenvalue weighted by molar-refractivity contribution is -0.116. The Balaban J connectivity index is 1.93. The van der Waals surface area contributed by atoms with E-state index in [1.165, 1.54) is 6.07 Å². The highest BCUT2D eigenvalue weighted by Crippen LogP contribution is 2.24. The first-order valence-electron chi connectivity index (χ1n) is 6.87. The third kappa shape index (κ3) is 5.26. The number of amides is 1. The summed E-state index contributed by atoms with van der Waals surface area (Å²) < 4.78 is 36.7. The Morgan fingerprint density at radius 1 is 1.29 bits per heavy atom. The molecule has 1 aromatic rings. The lowest BCUT2D eigenvalue weighted by Gasteiger charge is -2.15. The molecule has 1 heterocycles. The number of carbonyl (C=O) groups excluding carboxylic acids is 1. The number of hydrogen-bond donors (Lipinski definition) is 3. The highest BCUT2D eigenvalue weighted by molar-refractivity contribution is 5.94. The van der Waals surface area contributed by atoms with E-state index in [1.54, 1.807) is 18.2 Å². The van der Waals surface area contributed by atoms with E-state index >= 15 is 0 Å². The fraction of sp³-hybridized carbons (Fsp3) is 0.500. The van der Waals surface area contributed by atoms with Crippen molar-refractivity contribution in [1.29, 1.82) is 0 Å². The van der Waals surface area contributed by atoms with Gasteiger partial charge in [0.1, 0.15) is 6.54 Å². The van der Waals surface area contributed by atoms with Gasteiger partial charge in [0.05, 0.1) is 11.4 Å². The maximum atomic E-state index is 12.2. The molecule has 0 bridgehead atoms. The van der Waals surface area contributed by atoms with E-state index in [2.05, 4.69) is 16.0 Å². The number of benzene rings is 1. The maximum absolute atomic E-state index is 12.2. The molecule has 116 valence electrons. The molecule has 7 heteroatoms. The van der Waals surface area contributed by atoms with Gasteiger partial charge in [-0.25, -0.2) is 0 Å². The monoisotopic (exact) mass is 301 g/mol. The van der Waals surface area contributed by atoms with Gasteiger partial charge in [-0.2, -0.15) is 13.2 Å². The average molecular weight is 301 g/mol. The Labute approximate surface area is 121 Å². The van der Waals surface area contributed by atoms with Crippen LogP contribution < -0.4 is 16.0 Å². The fourth-order valence-corrected chi connectivity index (χ4v) is 2.30. The van der Waals surface area contributed by atoms with E-state index in [-0.39, 0.29) is 17.6 Å². The van der Waals surface area contributed by atoms with Gasteiger partial charge >= 0.3 is 6.18 Å². The molecule has 1 aromatic carbocycles. The first-order valence-corrected chi connectivity index (χ1v) is 6.87. The van der Waals surface area contributed by atoms with Crippen molar-refractivity contribution in [3.05, 3.63) is 24.3 Å². The zero-order chi connectivity index (χ0) is 15.3. The van der Waals surface area contributed by atoms with Crippen molar-refractivity contribution >= 4 is 17.3 Å². The summed E-state index contributed by atoms with van der Waals surface area (Å²) in [4.78, 5) is 11.9. The Kier molecular flexibility index (Phi) is 5.06. The normalized spacial score (nSPS) is 18.5. The molecule has 1 saturated heterocycles. The van der Waals surface area contributed by atoms with Gasteiger partial charge in [-0.3, -0.25) is 4.79 Å². The first-order chi connectivity index (χ1) is 9.94. The molecule has 2 rings (SSSR count). The van der Waals surface area contributed by atoms with E-state index in [4.69, 9.17) is 0 Å². The standard InChI is InChI=1S/C14H18F3N3O/c15-14(16,17)9-19-11-5-1-2-6-12(11)20-13(21)8-10-4-3-7-18-10/h1-2,5-6,10,18-19H,3-4,7-9H2,(H,20,21). The number of rotatable bonds is 5. The van der Waals surface area contributed by atoms with Crippen LogP contribution in [0.5, 0.6) is 0 Å². The average Bonchev–Trinajstić information content (AvgIpc) is 2.89. The van der Waals surface area contributed by atoms with Gasteiger partial charge in [-0.1, -0.05) is 12.1 Å². The van der Waals surface area contributed by atoms with Crippen molar-refractivity contribution < 1.29 is 18.0 Å². The number of alkyl halides is 3. The lowest BCUT2D eigenvalue weighted by atomic mass is 10.1. The molecule has 0 aromatic heterocycles. The van der Waals surface area contributed by atoms with Crippen LogP contribution in [0.25, 0.3) is 0 Å². The van der Waals surface area contributed by atoms with Crippen molar-refractivity contribution in [2.75, 3.05) is 23.7 Å². The summed E-state index contributed by atoms with van der Waals surface area (Å²) in [5.74, 6) is -0.198. The summed E-state index contributed by atoms with van der Waals surface area (Å²) in [5, 5.41) is 8.17. The number of para-hydroxylation sites is 2. The molecule has 1 amide bonds. The van der Waals surface area contributed by atoms with Crippen LogP contribution in [0, 0.1) is 0 Å². The summed E-state index contributed by atoms with van der Waals surface area (Å²) in [7, 11) is 0. The van der Waals surface area contributed by atoms with Crippen LogP contribution in [-0.4, -0.2) is 31.2 Å². The van der Waals surface area contributed by atoms with Gasteiger partial charge < -0.3 is 16.0 Å². The van der Waals surface area contributed by atoms with Gasteiger partial charge in [0.25, 0.3) is 0 Å². The summed E-state index contributed by atoms with van der Waals surface area (Å²) in [5.41, 5.74) is 0.632. The van der Waals surface area contributed by atoms with Crippen LogP contribution in [0.2, 0.25) is 0 Å². The number of halogens is 3. The molecule has 0 radical (unpaired) electrons. The minimum absolute atomic E-state index is 0.153. The molecule has 1 aliphatic rings. The smallest absolute Gasteiger partial charge is 0.375 e. The third-order valence-corrected chi connectivity index (χ3v) is 3.27. The summed E-state index contributed by atoms with van der Waals surface area (Å²) >= 11 is 0. The Morgan fingerprint density at radius 2 is 2.00 bits per heavy atom. The second-order valence-electron chi connectivity index (χ2n) is 5.06. The van der Waals surface area contributed by atoms with Crippen LogP contribution in [0.15, 0.2) is 24.3 Å². The van der Waals surface area contributed by atoms with Crippen LogP contribution in [-0.2, 0) is 4.79 Å². The second kappa shape index (κ2) is 6.80. The van der Waals surface area contributed by atoms with Gasteiger partial charge in [0, 0.05) is 12.5 Å². The number of carbonyl (C=O) groups is 1. The predicted molar refractivity (Wildman–Crippen MR) is 75.3 cm³/mol. The Bertz CT molecular complexity index is 485. The molecule has 1 atom stereocenters. The van der Waals surface area contributed by atoms with Crippen molar-refractivity contribution in [2.45, 2.75) is 31.5 Å². The minimum atomic E-state index is -4.30. The maximum Gasteiger partial charge on any atom is 0.405 e. The van der Waals surface area contributed by atoms with E-state index in [1.807, 2.05) is 0 Å². The molecule has 4 nitrogen and oxygen atoms in total. The van der Waals surface area contributed by atoms with Crippen LogP contribution in [0.1, 0.15) is 19.3 Å². The second-order valence-corrected chi connectivity index (χ2v) is 5.06. The zero-order valence-electron chi connectivity index (χ0n) is 11.5. The lowest BCUT2D eigenvalue weighted by Crippen LogP contribution is -2.28. The highest BCUT2D eigenvalue weighted by atomic mass is 19.4. The molecular weight excluding hydrogens is 283 g/mol. The van der Waals surface area contributed by atoms with Gasteiger partial charge in [-0.15, -0.1) is 0 Å². The van der Waals surface area contributed by atoms with Crippen molar-refractivity contribution in [3.8, 4) is 0 Å². The molecule has 1 unspecified atom stereocenters. The van der Waals surface area contributed by atoms with E-state index in [9.17, 15) is 18.0 Å². The molecule has 0 saturated carbocycles. The Morgan fingerprint density at radius 3 is 2.62 bits per heavy atom. The highest BCUT2D eigenvalue weighted by Gasteiger charge is 2.27. The largest absolute Gasteiger partial charge is 0.405 e. The SMILES string of the molecule is O=C(CC1CCCN1)Nc1ccccc1NCC(F)(F)F. The molecule has 0 spiro atoms. The van der Waals surface area contributed by atoms with E-state index in [0.29, 0.717) is 12.1 Å². The first kappa shape index (κ1) is 15.6. The summed E-state index contributed by atoms with van der Waals surface area (Å²) in [6.07, 6.45) is -1.98. The van der Waals surface area contributed by atoms with E-state index < -0.39 is 12.7 Å². The van der Waals surface area contributed by atoms with Gasteiger partial charge in [0.2, 0.25) is 5.91 Å². The number of nitrogens with one attached hydrogen (secondary N) is 3. The molecule has 1 aliphatic heterocycles. The predicted octanol–water partition coefficient (Wildman–Crippen LogP) is 2.74. The summed E-state index contributed by atoms with van der Waals surface area (Å²) in [6.45, 7) is -0.230. The third-order valence-electron chi connectivity index (χ3n) is 3.27. The fourth-order valence-electron chi connectivity index (χ4n) is 2.30. The van der Waals surface area contributed by atoms with E-state index in [0.717, 1.165) is 19.4 Å². The topological polar surface area (TPSA) is 53.2 Å². The molecule has 1 fully saturated rings. The van der Waals surface area contributed by atoms with Crippen LogP contribution in [0.4, 0.5) is 24.5 Å². The van der Waals surface area contributed by atoms with Gasteiger partial charge in [0.15, 0.2) is 0 Å². The molecule has 3 N–H and O–H groups in total. The molecule has 0 aliphatic carbocycles. The quantitative estimate of drug-likeness (QED) is 0.784. The molecular formula is C14H18F3N3O. The van der Waals surface area contributed by atoms with Crippen LogP contribution in [0.3, 0.4) is 0 Å².